The summed E-state index contributed by atoms with van der Waals surface area (Å²) in [5.74, 6) is -1.54. The van der Waals surface area contributed by atoms with Gasteiger partial charge in [-0.25, -0.2) is 4.79 Å². The summed E-state index contributed by atoms with van der Waals surface area (Å²) in [6, 6.07) is -0.627. The number of aliphatic carboxylic acids is 1. The first kappa shape index (κ1) is 51.5. The number of nitrogens with zero attached hydrogens (tertiary/aromatic N) is 1. The van der Waals surface area contributed by atoms with Gasteiger partial charge in [-0.2, -0.15) is 0 Å². The van der Waals surface area contributed by atoms with Crippen LogP contribution in [0.1, 0.15) is 142 Å². The van der Waals surface area contributed by atoms with Crippen molar-refractivity contribution in [3.63, 3.8) is 0 Å². The number of carbonyl (C=O) groups is 3. The van der Waals surface area contributed by atoms with Crippen LogP contribution in [-0.4, -0.2) is 80.6 Å². The zero-order valence-electron chi connectivity index (χ0n) is 35.3. The summed E-state index contributed by atoms with van der Waals surface area (Å²) in [5, 5.41) is 9.61. The fraction of sp³-hybridized carbons (Fsp3) is 0.638. The highest BCUT2D eigenvalue weighted by atomic mass is 16.6. The van der Waals surface area contributed by atoms with E-state index in [1.54, 1.807) is 0 Å². The van der Waals surface area contributed by atoms with Gasteiger partial charge < -0.3 is 23.8 Å². The quantitative estimate of drug-likeness (QED) is 0.0293. The van der Waals surface area contributed by atoms with E-state index in [1.165, 1.54) is 19.3 Å². The van der Waals surface area contributed by atoms with Crippen molar-refractivity contribution in [2.45, 2.75) is 154 Å². The predicted molar refractivity (Wildman–Crippen MR) is 229 cm³/mol. The average molecular weight is 769 g/mol. The van der Waals surface area contributed by atoms with Crippen molar-refractivity contribution < 1.29 is 38.2 Å². The first-order chi connectivity index (χ1) is 26.6. The lowest BCUT2D eigenvalue weighted by atomic mass is 10.1. The number of unbranched alkanes of at least 4 members (excludes halogenated alkanes) is 13. The van der Waals surface area contributed by atoms with Gasteiger partial charge in [0.25, 0.3) is 0 Å². The van der Waals surface area contributed by atoms with Crippen LogP contribution in [0.4, 0.5) is 0 Å². The highest BCUT2D eigenvalue weighted by Gasteiger charge is 2.31. The number of carbonyl (C=O) groups excluding carboxylic acids is 2. The molecule has 0 spiro atoms. The standard InChI is InChI=1S/C47H77NO7/c1-6-8-10-12-14-16-18-20-21-22-23-24-26-28-30-32-34-36-38-46(50)55-43(41-53-40-39-44(47(51)52)48(3,4)5)42-54-45(49)37-35-33-31-29-27-25-19-17-15-13-11-9-7-2/h9,11,13-24,43-44H,6-8,10,12,25-42H2,1-5H3/p+1/b11-9+,15-13+,16-14+,19-17+,20-18+,22-21+,24-23+. The molecule has 8 heteroatoms. The molecule has 0 aromatic heterocycles. The molecule has 0 bridgehead atoms. The number of ether oxygens (including phenoxy) is 3. The summed E-state index contributed by atoms with van der Waals surface area (Å²) in [5.41, 5.74) is 0. The molecule has 0 aliphatic rings. The predicted octanol–water partition coefficient (Wildman–Crippen LogP) is 11.4. The molecule has 0 aliphatic carbocycles. The Balaban J connectivity index is 4.47. The minimum absolute atomic E-state index is 0.0390. The van der Waals surface area contributed by atoms with Gasteiger partial charge in [-0.1, -0.05) is 150 Å². The van der Waals surface area contributed by atoms with Crippen LogP contribution < -0.4 is 0 Å². The van der Waals surface area contributed by atoms with Gasteiger partial charge in [0.2, 0.25) is 0 Å². The van der Waals surface area contributed by atoms with Crippen molar-refractivity contribution in [2.75, 3.05) is 41.0 Å². The minimum Gasteiger partial charge on any atom is -0.477 e. The molecule has 1 N–H and O–H groups in total. The monoisotopic (exact) mass is 769 g/mol. The Morgan fingerprint density at radius 2 is 1.02 bits per heavy atom. The molecule has 0 saturated heterocycles. The second kappa shape index (κ2) is 37.4. The number of esters is 2. The molecule has 0 radical (unpaired) electrons. The van der Waals surface area contributed by atoms with E-state index >= 15 is 0 Å². The Hall–Kier alpha value is -3.49. The largest absolute Gasteiger partial charge is 0.477 e. The summed E-state index contributed by atoms with van der Waals surface area (Å²) in [6.07, 6.45) is 47.6. The van der Waals surface area contributed by atoms with Crippen molar-refractivity contribution in [1.29, 1.82) is 0 Å². The fourth-order valence-electron chi connectivity index (χ4n) is 5.63. The van der Waals surface area contributed by atoms with Crippen molar-refractivity contribution in [3.8, 4) is 0 Å². The Morgan fingerprint density at radius 1 is 0.564 bits per heavy atom. The van der Waals surface area contributed by atoms with Gasteiger partial charge >= 0.3 is 17.9 Å². The zero-order valence-corrected chi connectivity index (χ0v) is 35.3. The van der Waals surface area contributed by atoms with Crippen LogP contribution in [0.3, 0.4) is 0 Å². The molecular formula is C47H78NO7+. The summed E-state index contributed by atoms with van der Waals surface area (Å²) in [6.45, 7) is 4.49. The Kier molecular flexibility index (Phi) is 35.1. The van der Waals surface area contributed by atoms with Crippen LogP contribution >= 0.6 is 0 Å². The van der Waals surface area contributed by atoms with E-state index in [0.717, 1.165) is 89.9 Å². The lowest BCUT2D eigenvalue weighted by molar-refractivity contribution is -0.887. The third-order valence-electron chi connectivity index (χ3n) is 8.93. The SMILES string of the molecule is CC/C=C/C=C/C=C/CCCCCCCC(=O)OCC(COCCC(C(=O)O)[N+](C)(C)C)OC(=O)CCCCCCC/C=C/C=C/C=C/C=C/CCCCC. The second-order valence-corrected chi connectivity index (χ2v) is 15.0. The zero-order chi connectivity index (χ0) is 40.7. The molecule has 0 aliphatic heterocycles. The molecule has 0 fully saturated rings. The maximum atomic E-state index is 12.7. The number of hydrogen-bond acceptors (Lipinski definition) is 6. The molecule has 0 rings (SSSR count). The molecule has 0 amide bonds. The van der Waals surface area contributed by atoms with Gasteiger partial charge in [0.15, 0.2) is 12.1 Å². The second-order valence-electron chi connectivity index (χ2n) is 15.0. The molecule has 55 heavy (non-hydrogen) atoms. The summed E-state index contributed by atoms with van der Waals surface area (Å²) >= 11 is 0. The molecule has 2 unspecified atom stereocenters. The lowest BCUT2D eigenvalue weighted by Gasteiger charge is -2.31. The lowest BCUT2D eigenvalue weighted by Crippen LogP contribution is -2.50. The minimum atomic E-state index is -0.887. The molecule has 8 nitrogen and oxygen atoms in total. The van der Waals surface area contributed by atoms with E-state index in [2.05, 4.69) is 80.7 Å². The summed E-state index contributed by atoms with van der Waals surface area (Å²) < 4.78 is 17.2. The van der Waals surface area contributed by atoms with Crippen LogP contribution in [0.2, 0.25) is 0 Å². The first-order valence-electron chi connectivity index (χ1n) is 21.2. The van der Waals surface area contributed by atoms with Crippen molar-refractivity contribution >= 4 is 17.9 Å². The number of hydrogen-bond donors (Lipinski definition) is 1. The van der Waals surface area contributed by atoms with Gasteiger partial charge in [0.05, 0.1) is 34.4 Å². The van der Waals surface area contributed by atoms with Gasteiger partial charge in [-0.05, 0) is 57.8 Å². The number of rotatable bonds is 36. The molecule has 0 aromatic carbocycles. The van der Waals surface area contributed by atoms with Crippen LogP contribution in [0.5, 0.6) is 0 Å². The number of carboxylic acid groups (broad SMARTS) is 1. The normalized spacial score (nSPS) is 13.8. The molecule has 312 valence electrons. The number of likely N-dealkylation sites (N-methyl/N-ethyl adjacent to an activating group) is 1. The molecule has 0 heterocycles. The van der Waals surface area contributed by atoms with Crippen molar-refractivity contribution in [3.05, 3.63) is 85.1 Å². The maximum absolute atomic E-state index is 12.7. The van der Waals surface area contributed by atoms with E-state index in [9.17, 15) is 19.5 Å². The van der Waals surface area contributed by atoms with Gasteiger partial charge in [0.1, 0.15) is 6.61 Å². The highest BCUT2D eigenvalue weighted by molar-refractivity contribution is 5.72. The van der Waals surface area contributed by atoms with Crippen LogP contribution in [0, 0.1) is 0 Å². The Bertz CT molecular complexity index is 1170. The van der Waals surface area contributed by atoms with Gasteiger partial charge in [0, 0.05) is 19.3 Å². The molecular weight excluding hydrogens is 691 g/mol. The van der Waals surface area contributed by atoms with Crippen molar-refractivity contribution in [2.24, 2.45) is 0 Å². The van der Waals surface area contributed by atoms with Gasteiger partial charge in [-0.15, -0.1) is 0 Å². The third-order valence-corrected chi connectivity index (χ3v) is 8.93. The van der Waals surface area contributed by atoms with E-state index in [-0.39, 0.29) is 36.2 Å². The molecule has 2 atom stereocenters. The van der Waals surface area contributed by atoms with Crippen LogP contribution in [0.25, 0.3) is 0 Å². The van der Waals surface area contributed by atoms with Gasteiger partial charge in [-0.3, -0.25) is 9.59 Å². The Labute approximate surface area is 335 Å². The first-order valence-corrected chi connectivity index (χ1v) is 21.2. The smallest absolute Gasteiger partial charge is 0.362 e. The van der Waals surface area contributed by atoms with Crippen molar-refractivity contribution in [1.82, 2.24) is 0 Å². The third kappa shape index (κ3) is 35.9. The molecule has 0 saturated carbocycles. The van der Waals surface area contributed by atoms with Crippen LogP contribution in [0.15, 0.2) is 85.1 Å². The Morgan fingerprint density at radius 3 is 1.51 bits per heavy atom. The molecule has 0 aromatic rings. The topological polar surface area (TPSA) is 99.1 Å². The average Bonchev–Trinajstić information content (AvgIpc) is 3.14. The summed E-state index contributed by atoms with van der Waals surface area (Å²) in [4.78, 5) is 36.9. The number of carboxylic acids is 1. The van der Waals surface area contributed by atoms with E-state index in [4.69, 9.17) is 14.2 Å². The summed E-state index contributed by atoms with van der Waals surface area (Å²) in [7, 11) is 5.50. The van der Waals surface area contributed by atoms with E-state index in [1.807, 2.05) is 39.4 Å². The highest BCUT2D eigenvalue weighted by Crippen LogP contribution is 2.12. The van der Waals surface area contributed by atoms with Crippen LogP contribution in [-0.2, 0) is 28.6 Å². The van der Waals surface area contributed by atoms with E-state index in [0.29, 0.717) is 19.3 Å². The number of quaternary nitrogens is 1. The number of allylic oxidation sites excluding steroid dienone is 14. The fourth-order valence-corrected chi connectivity index (χ4v) is 5.63. The maximum Gasteiger partial charge on any atom is 0.362 e. The van der Waals surface area contributed by atoms with E-state index < -0.39 is 18.1 Å².